The highest BCUT2D eigenvalue weighted by Crippen LogP contribution is 2.07. The molecule has 0 fully saturated rings. The average Bonchev–Trinajstić information content (AvgIpc) is 2.64. The fraction of sp³-hybridized carbons (Fsp3) is 0.250. The minimum Gasteiger partial charge on any atom is -0.345 e. The van der Waals surface area contributed by atoms with Crippen LogP contribution in [-0.4, -0.2) is 20.1 Å². The third-order valence-electron chi connectivity index (χ3n) is 1.59. The first-order chi connectivity index (χ1) is 7.24. The molecule has 0 unspecified atom stereocenters. The summed E-state index contributed by atoms with van der Waals surface area (Å²) in [5.41, 5.74) is 0. The van der Waals surface area contributed by atoms with Gasteiger partial charge in [0.2, 0.25) is 11.8 Å². The molecule has 2 aromatic heterocycles. The van der Waals surface area contributed by atoms with Crippen LogP contribution >= 0.6 is 15.9 Å². The summed E-state index contributed by atoms with van der Waals surface area (Å²) in [7, 11) is 0. The fourth-order valence-corrected chi connectivity index (χ4v) is 1.17. The molecule has 0 spiro atoms. The molecule has 0 aliphatic heterocycles. The molecule has 15 heavy (non-hydrogen) atoms. The molecular formula is C8H8BrN5O. The second-order valence-corrected chi connectivity index (χ2v) is 3.73. The van der Waals surface area contributed by atoms with Crippen molar-refractivity contribution in [2.75, 3.05) is 5.32 Å². The highest BCUT2D eigenvalue weighted by atomic mass is 79.9. The van der Waals surface area contributed by atoms with E-state index in [1.807, 2.05) is 0 Å². The lowest BCUT2D eigenvalue weighted by Gasteiger charge is -1.99. The second-order valence-electron chi connectivity index (χ2n) is 2.81. The van der Waals surface area contributed by atoms with Crippen molar-refractivity contribution in [1.29, 1.82) is 0 Å². The van der Waals surface area contributed by atoms with Crippen LogP contribution in [0.1, 0.15) is 11.7 Å². The zero-order valence-electron chi connectivity index (χ0n) is 7.94. The van der Waals surface area contributed by atoms with Gasteiger partial charge in [-0.1, -0.05) is 5.16 Å². The predicted octanol–water partition coefficient (Wildman–Crippen LogP) is 1.54. The first kappa shape index (κ1) is 10.0. The van der Waals surface area contributed by atoms with Gasteiger partial charge in [0.15, 0.2) is 5.82 Å². The van der Waals surface area contributed by atoms with Gasteiger partial charge in [0.05, 0.1) is 11.0 Å². The van der Waals surface area contributed by atoms with Crippen LogP contribution in [0.4, 0.5) is 5.95 Å². The van der Waals surface area contributed by atoms with E-state index >= 15 is 0 Å². The Morgan fingerprint density at radius 2 is 2.13 bits per heavy atom. The summed E-state index contributed by atoms with van der Waals surface area (Å²) in [6.45, 7) is 2.19. The number of nitrogens with zero attached hydrogens (tertiary/aromatic N) is 4. The van der Waals surface area contributed by atoms with Gasteiger partial charge >= 0.3 is 0 Å². The highest BCUT2D eigenvalue weighted by Gasteiger charge is 2.02. The lowest BCUT2D eigenvalue weighted by Crippen LogP contribution is -2.03. The van der Waals surface area contributed by atoms with Gasteiger partial charge < -0.3 is 9.84 Å². The minimum absolute atomic E-state index is 0.419. The zero-order chi connectivity index (χ0) is 10.7. The third-order valence-corrected chi connectivity index (χ3v) is 2.00. The first-order valence-corrected chi connectivity index (χ1v) is 5.04. The van der Waals surface area contributed by atoms with Gasteiger partial charge in [-0.15, -0.1) is 0 Å². The molecule has 78 valence electrons. The van der Waals surface area contributed by atoms with E-state index in [1.165, 1.54) is 0 Å². The van der Waals surface area contributed by atoms with Crippen molar-refractivity contribution >= 4 is 21.9 Å². The number of aromatic nitrogens is 4. The molecule has 2 aromatic rings. The van der Waals surface area contributed by atoms with E-state index in [0.29, 0.717) is 24.2 Å². The standard InChI is InChI=1S/C8H8BrN5O/c1-5-13-7(15-14-5)4-12-8-10-2-6(9)3-11-8/h2-3H,4H2,1H3,(H,10,11,12). The number of halogens is 1. The smallest absolute Gasteiger partial charge is 0.246 e. The van der Waals surface area contributed by atoms with Gasteiger partial charge in [-0.25, -0.2) is 9.97 Å². The Bertz CT molecular complexity index is 441. The van der Waals surface area contributed by atoms with Crippen LogP contribution in [0, 0.1) is 6.92 Å². The summed E-state index contributed by atoms with van der Waals surface area (Å²) < 4.78 is 5.76. The maximum atomic E-state index is 4.92. The molecule has 0 saturated carbocycles. The maximum absolute atomic E-state index is 4.92. The van der Waals surface area contributed by atoms with Crippen molar-refractivity contribution in [2.45, 2.75) is 13.5 Å². The summed E-state index contributed by atoms with van der Waals surface area (Å²) in [5.74, 6) is 1.65. The summed E-state index contributed by atoms with van der Waals surface area (Å²) in [6, 6.07) is 0. The van der Waals surface area contributed by atoms with Crippen molar-refractivity contribution in [3.05, 3.63) is 28.6 Å². The van der Waals surface area contributed by atoms with E-state index in [1.54, 1.807) is 19.3 Å². The number of hydrogen-bond donors (Lipinski definition) is 1. The van der Waals surface area contributed by atoms with Crippen molar-refractivity contribution < 1.29 is 4.52 Å². The Morgan fingerprint density at radius 1 is 1.40 bits per heavy atom. The van der Waals surface area contributed by atoms with Crippen LogP contribution in [0.15, 0.2) is 21.4 Å². The van der Waals surface area contributed by atoms with Crippen LogP contribution in [0.5, 0.6) is 0 Å². The van der Waals surface area contributed by atoms with E-state index < -0.39 is 0 Å². The molecule has 2 rings (SSSR count). The first-order valence-electron chi connectivity index (χ1n) is 4.24. The summed E-state index contributed by atoms with van der Waals surface area (Å²) in [4.78, 5) is 12.1. The molecule has 0 bridgehead atoms. The van der Waals surface area contributed by atoms with Crippen LogP contribution in [-0.2, 0) is 6.54 Å². The Morgan fingerprint density at radius 3 is 2.73 bits per heavy atom. The van der Waals surface area contributed by atoms with Gasteiger partial charge in [-0.05, 0) is 22.9 Å². The molecule has 0 aliphatic rings. The monoisotopic (exact) mass is 269 g/mol. The van der Waals surface area contributed by atoms with Gasteiger partial charge in [0.1, 0.15) is 0 Å². The Labute approximate surface area is 94.3 Å². The van der Waals surface area contributed by atoms with E-state index in [9.17, 15) is 0 Å². The number of nitrogens with one attached hydrogen (secondary N) is 1. The van der Waals surface area contributed by atoms with Crippen LogP contribution in [0.2, 0.25) is 0 Å². The lowest BCUT2D eigenvalue weighted by molar-refractivity contribution is 0.379. The highest BCUT2D eigenvalue weighted by molar-refractivity contribution is 9.10. The number of rotatable bonds is 3. The molecule has 6 nitrogen and oxygen atoms in total. The Kier molecular flexibility index (Phi) is 2.91. The molecule has 7 heteroatoms. The number of anilines is 1. The number of aryl methyl sites for hydroxylation is 1. The van der Waals surface area contributed by atoms with Gasteiger partial charge in [-0.3, -0.25) is 0 Å². The molecule has 0 atom stereocenters. The van der Waals surface area contributed by atoms with E-state index in [-0.39, 0.29) is 0 Å². The normalized spacial score (nSPS) is 10.3. The minimum atomic E-state index is 0.419. The Hall–Kier alpha value is -1.50. The quantitative estimate of drug-likeness (QED) is 0.911. The van der Waals surface area contributed by atoms with E-state index in [2.05, 4.69) is 41.4 Å². The second kappa shape index (κ2) is 4.35. The fourth-order valence-electron chi connectivity index (χ4n) is 0.970. The molecule has 0 aromatic carbocycles. The molecular weight excluding hydrogens is 262 g/mol. The van der Waals surface area contributed by atoms with Crippen LogP contribution in [0.3, 0.4) is 0 Å². The van der Waals surface area contributed by atoms with Crippen LogP contribution in [0.25, 0.3) is 0 Å². The van der Waals surface area contributed by atoms with E-state index in [4.69, 9.17) is 4.52 Å². The molecule has 2 heterocycles. The molecule has 1 N–H and O–H groups in total. The summed E-state index contributed by atoms with van der Waals surface area (Å²) >= 11 is 3.25. The van der Waals surface area contributed by atoms with E-state index in [0.717, 1.165) is 4.47 Å². The molecule has 0 radical (unpaired) electrons. The van der Waals surface area contributed by atoms with Gasteiger partial charge in [0.25, 0.3) is 0 Å². The SMILES string of the molecule is Cc1noc(CNc2ncc(Br)cn2)n1. The molecule has 0 aliphatic carbocycles. The zero-order valence-corrected chi connectivity index (χ0v) is 9.52. The van der Waals surface area contributed by atoms with Gasteiger partial charge in [-0.2, -0.15) is 4.98 Å². The molecule has 0 amide bonds. The summed E-state index contributed by atoms with van der Waals surface area (Å²) in [5, 5.41) is 6.63. The Balaban J connectivity index is 1.96. The third kappa shape index (κ3) is 2.72. The van der Waals surface area contributed by atoms with Crippen molar-refractivity contribution in [2.24, 2.45) is 0 Å². The van der Waals surface area contributed by atoms with Crippen molar-refractivity contribution in [3.63, 3.8) is 0 Å². The molecule has 0 saturated heterocycles. The predicted molar refractivity (Wildman–Crippen MR) is 56.1 cm³/mol. The van der Waals surface area contributed by atoms with Crippen LogP contribution < -0.4 is 5.32 Å². The largest absolute Gasteiger partial charge is 0.345 e. The number of hydrogen-bond acceptors (Lipinski definition) is 6. The summed E-state index contributed by atoms with van der Waals surface area (Å²) in [6.07, 6.45) is 3.32. The van der Waals surface area contributed by atoms with Crippen molar-refractivity contribution in [1.82, 2.24) is 20.1 Å². The van der Waals surface area contributed by atoms with Gasteiger partial charge in [0, 0.05) is 12.4 Å². The lowest BCUT2D eigenvalue weighted by atomic mass is 10.6. The average molecular weight is 270 g/mol. The topological polar surface area (TPSA) is 76.7 Å². The maximum Gasteiger partial charge on any atom is 0.246 e. The van der Waals surface area contributed by atoms with Crippen molar-refractivity contribution in [3.8, 4) is 0 Å².